The number of nitrogens with zero attached hydrogens (tertiary/aromatic N) is 1. The first-order valence-electron chi connectivity index (χ1n) is 5.05. The number of carbonyl (C=O) groups excluding carboxylic acids is 1. The first-order chi connectivity index (χ1) is 8.88. The van der Waals surface area contributed by atoms with Gasteiger partial charge in [-0.1, -0.05) is 0 Å². The minimum Gasteiger partial charge on any atom is -0.320 e. The third kappa shape index (κ3) is 2.90. The van der Waals surface area contributed by atoms with Gasteiger partial charge in [0.1, 0.15) is 11.5 Å². The number of nitrogens with one attached hydrogen (secondary N) is 2. The zero-order valence-corrected chi connectivity index (χ0v) is 9.25. The molecule has 2 rings (SSSR count). The van der Waals surface area contributed by atoms with Crippen LogP contribution in [0.3, 0.4) is 0 Å². The molecule has 1 aromatic heterocycles. The number of aromatic nitrogens is 2. The van der Waals surface area contributed by atoms with Gasteiger partial charge in [0.05, 0.1) is 11.3 Å². The molecule has 1 aromatic carbocycles. The molecular formula is C11H7F4N3O. The van der Waals surface area contributed by atoms with Crippen molar-refractivity contribution in [2.24, 2.45) is 0 Å². The number of amides is 1. The summed E-state index contributed by atoms with van der Waals surface area (Å²) in [5, 5.41) is 7.86. The summed E-state index contributed by atoms with van der Waals surface area (Å²) >= 11 is 0. The van der Waals surface area contributed by atoms with Gasteiger partial charge >= 0.3 is 6.18 Å². The molecule has 2 aromatic rings. The highest BCUT2D eigenvalue weighted by Gasteiger charge is 2.34. The Morgan fingerprint density at radius 1 is 1.26 bits per heavy atom. The van der Waals surface area contributed by atoms with Crippen molar-refractivity contribution >= 4 is 11.6 Å². The average Bonchev–Trinajstić information content (AvgIpc) is 2.83. The topological polar surface area (TPSA) is 57.8 Å². The zero-order valence-electron chi connectivity index (χ0n) is 9.25. The van der Waals surface area contributed by atoms with Crippen LogP contribution in [0.5, 0.6) is 0 Å². The number of benzene rings is 1. The van der Waals surface area contributed by atoms with E-state index in [9.17, 15) is 22.4 Å². The van der Waals surface area contributed by atoms with Gasteiger partial charge < -0.3 is 5.32 Å². The third-order valence-corrected chi connectivity index (χ3v) is 2.28. The SMILES string of the molecule is O=C(Nc1ccc(F)cc1C(F)(F)F)c1ccn[nH]1. The third-order valence-electron chi connectivity index (χ3n) is 2.28. The lowest BCUT2D eigenvalue weighted by molar-refractivity contribution is -0.137. The molecule has 0 saturated heterocycles. The van der Waals surface area contributed by atoms with E-state index in [1.807, 2.05) is 5.32 Å². The number of rotatable bonds is 2. The molecule has 2 N–H and O–H groups in total. The van der Waals surface area contributed by atoms with Crippen molar-refractivity contribution in [2.45, 2.75) is 6.18 Å². The van der Waals surface area contributed by atoms with Crippen LogP contribution in [0.2, 0.25) is 0 Å². The second kappa shape index (κ2) is 4.71. The van der Waals surface area contributed by atoms with Crippen molar-refractivity contribution < 1.29 is 22.4 Å². The molecule has 4 nitrogen and oxygen atoms in total. The highest BCUT2D eigenvalue weighted by molar-refractivity contribution is 6.03. The molecule has 0 fully saturated rings. The van der Waals surface area contributed by atoms with Crippen molar-refractivity contribution in [2.75, 3.05) is 5.32 Å². The first-order valence-corrected chi connectivity index (χ1v) is 5.05. The fraction of sp³-hybridized carbons (Fsp3) is 0.0909. The smallest absolute Gasteiger partial charge is 0.320 e. The van der Waals surface area contributed by atoms with Crippen LogP contribution < -0.4 is 5.32 Å². The molecule has 0 radical (unpaired) electrons. The second-order valence-corrected chi connectivity index (χ2v) is 3.61. The van der Waals surface area contributed by atoms with E-state index in [0.29, 0.717) is 6.07 Å². The van der Waals surface area contributed by atoms with E-state index in [0.717, 1.165) is 12.1 Å². The highest BCUT2D eigenvalue weighted by atomic mass is 19.4. The van der Waals surface area contributed by atoms with E-state index in [1.165, 1.54) is 12.3 Å². The van der Waals surface area contributed by atoms with Gasteiger partial charge in [0.2, 0.25) is 0 Å². The summed E-state index contributed by atoms with van der Waals surface area (Å²) in [7, 11) is 0. The van der Waals surface area contributed by atoms with Crippen molar-refractivity contribution in [3.63, 3.8) is 0 Å². The summed E-state index contributed by atoms with van der Waals surface area (Å²) in [5.41, 5.74) is -1.77. The molecule has 8 heteroatoms. The Labute approximate surface area is 104 Å². The number of hydrogen-bond acceptors (Lipinski definition) is 2. The highest BCUT2D eigenvalue weighted by Crippen LogP contribution is 2.35. The predicted octanol–water partition coefficient (Wildman–Crippen LogP) is 2.82. The Morgan fingerprint density at radius 2 is 2.00 bits per heavy atom. The molecule has 1 heterocycles. The monoisotopic (exact) mass is 273 g/mol. The predicted molar refractivity (Wildman–Crippen MR) is 57.9 cm³/mol. The Morgan fingerprint density at radius 3 is 2.58 bits per heavy atom. The maximum atomic E-state index is 12.9. The Bertz CT molecular complexity index is 592. The lowest BCUT2D eigenvalue weighted by atomic mass is 10.1. The summed E-state index contributed by atoms with van der Waals surface area (Å²) in [6.07, 6.45) is -3.48. The largest absolute Gasteiger partial charge is 0.418 e. The van der Waals surface area contributed by atoms with E-state index in [2.05, 4.69) is 10.2 Å². The van der Waals surface area contributed by atoms with Crippen LogP contribution in [0.4, 0.5) is 23.2 Å². The first kappa shape index (κ1) is 13.1. The fourth-order valence-electron chi connectivity index (χ4n) is 1.43. The number of aromatic amines is 1. The van der Waals surface area contributed by atoms with Crippen molar-refractivity contribution in [3.05, 3.63) is 47.5 Å². The van der Waals surface area contributed by atoms with E-state index >= 15 is 0 Å². The van der Waals surface area contributed by atoms with Gasteiger partial charge in [-0.15, -0.1) is 0 Å². The number of alkyl halides is 3. The van der Waals surface area contributed by atoms with Gasteiger partial charge in [-0.2, -0.15) is 18.3 Å². The number of carbonyl (C=O) groups is 1. The quantitative estimate of drug-likeness (QED) is 0.826. The Kier molecular flexibility index (Phi) is 3.24. The van der Waals surface area contributed by atoms with Gasteiger partial charge in [0.25, 0.3) is 5.91 Å². The molecule has 0 spiro atoms. The lowest BCUT2D eigenvalue weighted by Crippen LogP contribution is -2.17. The molecule has 100 valence electrons. The van der Waals surface area contributed by atoms with E-state index in [1.54, 1.807) is 0 Å². The molecule has 0 saturated carbocycles. The van der Waals surface area contributed by atoms with Crippen LogP contribution in [-0.4, -0.2) is 16.1 Å². The molecular weight excluding hydrogens is 266 g/mol. The number of hydrogen-bond donors (Lipinski definition) is 2. The fourth-order valence-corrected chi connectivity index (χ4v) is 1.43. The minimum atomic E-state index is -4.77. The summed E-state index contributed by atoms with van der Waals surface area (Å²) in [5.74, 6) is -1.83. The van der Waals surface area contributed by atoms with Gasteiger partial charge in [-0.25, -0.2) is 4.39 Å². The standard InChI is InChI=1S/C11H7F4N3O/c12-6-1-2-8(7(5-6)11(13,14)15)17-10(19)9-3-4-16-18-9/h1-5H,(H,16,18)(H,17,19). The van der Waals surface area contributed by atoms with Crippen molar-refractivity contribution in [1.82, 2.24) is 10.2 Å². The van der Waals surface area contributed by atoms with Crippen molar-refractivity contribution in [1.29, 1.82) is 0 Å². The number of halogens is 4. The van der Waals surface area contributed by atoms with Crippen LogP contribution >= 0.6 is 0 Å². The Balaban J connectivity index is 2.33. The average molecular weight is 273 g/mol. The number of H-pyrrole nitrogens is 1. The van der Waals surface area contributed by atoms with Crippen LogP contribution in [0, 0.1) is 5.82 Å². The van der Waals surface area contributed by atoms with Gasteiger partial charge in [0.15, 0.2) is 0 Å². The second-order valence-electron chi connectivity index (χ2n) is 3.61. The summed E-state index contributed by atoms with van der Waals surface area (Å²) in [4.78, 5) is 11.6. The van der Waals surface area contributed by atoms with Crippen LogP contribution in [0.1, 0.15) is 16.1 Å². The lowest BCUT2D eigenvalue weighted by Gasteiger charge is -2.13. The van der Waals surface area contributed by atoms with Gasteiger partial charge in [-0.3, -0.25) is 9.89 Å². The van der Waals surface area contributed by atoms with E-state index < -0.39 is 29.2 Å². The summed E-state index contributed by atoms with van der Waals surface area (Å²) < 4.78 is 50.9. The van der Waals surface area contributed by atoms with Crippen LogP contribution in [0.15, 0.2) is 30.5 Å². The normalized spacial score (nSPS) is 11.4. The molecule has 0 unspecified atom stereocenters. The van der Waals surface area contributed by atoms with E-state index in [-0.39, 0.29) is 5.69 Å². The number of anilines is 1. The van der Waals surface area contributed by atoms with Crippen LogP contribution in [0.25, 0.3) is 0 Å². The molecule has 0 atom stereocenters. The summed E-state index contributed by atoms with van der Waals surface area (Å²) in [6.45, 7) is 0. The summed E-state index contributed by atoms with van der Waals surface area (Å²) in [6, 6.07) is 3.30. The van der Waals surface area contributed by atoms with Gasteiger partial charge in [-0.05, 0) is 24.3 Å². The molecule has 0 aliphatic carbocycles. The molecule has 0 aliphatic heterocycles. The molecule has 0 bridgehead atoms. The zero-order chi connectivity index (χ0) is 14.0. The van der Waals surface area contributed by atoms with Gasteiger partial charge in [0, 0.05) is 6.20 Å². The molecule has 1 amide bonds. The van der Waals surface area contributed by atoms with E-state index in [4.69, 9.17) is 0 Å². The van der Waals surface area contributed by atoms with Crippen molar-refractivity contribution in [3.8, 4) is 0 Å². The minimum absolute atomic E-state index is 0.00236. The molecule has 19 heavy (non-hydrogen) atoms. The Hall–Kier alpha value is -2.38. The van der Waals surface area contributed by atoms with Crippen LogP contribution in [-0.2, 0) is 6.18 Å². The molecule has 0 aliphatic rings. The maximum absolute atomic E-state index is 12.9. The maximum Gasteiger partial charge on any atom is 0.418 e.